The van der Waals surface area contributed by atoms with Crippen molar-refractivity contribution in [1.29, 1.82) is 0 Å². The highest BCUT2D eigenvalue weighted by molar-refractivity contribution is 5.80. The molecule has 2 rings (SSSR count). The van der Waals surface area contributed by atoms with Crippen LogP contribution in [0.4, 0.5) is 0 Å². The third-order valence-corrected chi connectivity index (χ3v) is 2.18. The number of nitrogens with one attached hydrogen (secondary N) is 1. The van der Waals surface area contributed by atoms with Gasteiger partial charge in [-0.05, 0) is 20.0 Å². The average molecular weight is 187 g/mol. The predicted molar refractivity (Wildman–Crippen MR) is 57.0 cm³/mol. The Hall–Kier alpha value is -1.48. The summed E-state index contributed by atoms with van der Waals surface area (Å²) in [5, 5.41) is 4.18. The van der Waals surface area contributed by atoms with Gasteiger partial charge in [0.15, 0.2) is 0 Å². The summed E-state index contributed by atoms with van der Waals surface area (Å²) in [6, 6.07) is 8.07. The van der Waals surface area contributed by atoms with E-state index in [1.807, 2.05) is 38.2 Å². The lowest BCUT2D eigenvalue weighted by molar-refractivity contribution is 0.760. The number of aryl methyl sites for hydroxylation is 1. The fourth-order valence-corrected chi connectivity index (χ4v) is 1.53. The molecule has 1 aromatic carbocycles. The molecule has 14 heavy (non-hydrogen) atoms. The Balaban J connectivity index is 2.60. The van der Waals surface area contributed by atoms with Crippen molar-refractivity contribution in [1.82, 2.24) is 15.3 Å². The van der Waals surface area contributed by atoms with Crippen LogP contribution in [-0.2, 0) is 6.54 Å². The smallest absolute Gasteiger partial charge is 0.143 e. The number of hydrogen-bond acceptors (Lipinski definition) is 3. The quantitative estimate of drug-likeness (QED) is 0.777. The van der Waals surface area contributed by atoms with Crippen LogP contribution < -0.4 is 5.32 Å². The number of para-hydroxylation sites is 1. The van der Waals surface area contributed by atoms with E-state index >= 15 is 0 Å². The lowest BCUT2D eigenvalue weighted by Gasteiger charge is -2.04. The van der Waals surface area contributed by atoms with Crippen LogP contribution in [0.3, 0.4) is 0 Å². The van der Waals surface area contributed by atoms with Crippen molar-refractivity contribution in [3.8, 4) is 0 Å². The molecule has 1 heterocycles. The van der Waals surface area contributed by atoms with Gasteiger partial charge in [-0.25, -0.2) is 9.97 Å². The van der Waals surface area contributed by atoms with E-state index < -0.39 is 0 Å². The van der Waals surface area contributed by atoms with Crippen molar-refractivity contribution >= 4 is 10.9 Å². The summed E-state index contributed by atoms with van der Waals surface area (Å²) >= 11 is 0. The second kappa shape index (κ2) is 3.72. The molecule has 0 radical (unpaired) electrons. The first-order chi connectivity index (χ1) is 6.81. The minimum Gasteiger partial charge on any atom is -0.313 e. The summed E-state index contributed by atoms with van der Waals surface area (Å²) in [5.41, 5.74) is 2.06. The van der Waals surface area contributed by atoms with E-state index in [-0.39, 0.29) is 0 Å². The molecule has 1 N–H and O–H groups in total. The maximum Gasteiger partial charge on any atom is 0.143 e. The highest BCUT2D eigenvalue weighted by Gasteiger charge is 2.02. The van der Waals surface area contributed by atoms with Crippen LogP contribution in [0.2, 0.25) is 0 Å². The van der Waals surface area contributed by atoms with Gasteiger partial charge < -0.3 is 5.32 Å². The van der Waals surface area contributed by atoms with Gasteiger partial charge in [0.2, 0.25) is 0 Å². The van der Waals surface area contributed by atoms with Crippen molar-refractivity contribution in [2.75, 3.05) is 7.05 Å². The zero-order valence-corrected chi connectivity index (χ0v) is 8.41. The first-order valence-corrected chi connectivity index (χ1v) is 4.68. The van der Waals surface area contributed by atoms with Crippen molar-refractivity contribution < 1.29 is 0 Å². The van der Waals surface area contributed by atoms with E-state index in [4.69, 9.17) is 0 Å². The van der Waals surface area contributed by atoms with E-state index in [0.717, 1.165) is 22.4 Å². The van der Waals surface area contributed by atoms with Gasteiger partial charge in [-0.3, -0.25) is 0 Å². The number of nitrogens with zero attached hydrogens (tertiary/aromatic N) is 2. The average Bonchev–Trinajstić information content (AvgIpc) is 2.18. The molecular formula is C11H13N3. The largest absolute Gasteiger partial charge is 0.313 e. The Labute approximate surface area is 83.2 Å². The second-order valence-corrected chi connectivity index (χ2v) is 3.27. The molecule has 3 heteroatoms. The summed E-state index contributed by atoms with van der Waals surface area (Å²) in [6.45, 7) is 2.73. The van der Waals surface area contributed by atoms with Crippen molar-refractivity contribution in [2.24, 2.45) is 0 Å². The first-order valence-electron chi connectivity index (χ1n) is 4.68. The molecule has 1 aromatic heterocycles. The summed E-state index contributed by atoms with van der Waals surface area (Å²) in [5.74, 6) is 0.851. The van der Waals surface area contributed by atoms with Gasteiger partial charge in [-0.15, -0.1) is 0 Å². The van der Waals surface area contributed by atoms with Gasteiger partial charge in [0.05, 0.1) is 12.1 Å². The Bertz CT molecular complexity index is 451. The molecule has 0 amide bonds. The fourth-order valence-electron chi connectivity index (χ4n) is 1.53. The van der Waals surface area contributed by atoms with Gasteiger partial charge in [-0.1, -0.05) is 18.2 Å². The molecule has 0 fully saturated rings. The minimum absolute atomic E-state index is 0.714. The van der Waals surface area contributed by atoms with Crippen molar-refractivity contribution in [3.05, 3.63) is 35.8 Å². The van der Waals surface area contributed by atoms with Crippen LogP contribution in [0.5, 0.6) is 0 Å². The summed E-state index contributed by atoms with van der Waals surface area (Å²) in [7, 11) is 1.90. The van der Waals surface area contributed by atoms with Gasteiger partial charge in [0, 0.05) is 11.1 Å². The third kappa shape index (κ3) is 1.59. The molecule has 0 spiro atoms. The van der Waals surface area contributed by atoms with Gasteiger partial charge in [0.1, 0.15) is 5.82 Å². The van der Waals surface area contributed by atoms with Crippen LogP contribution >= 0.6 is 0 Å². The first kappa shape index (κ1) is 9.09. The van der Waals surface area contributed by atoms with Crippen LogP contribution in [0.1, 0.15) is 11.5 Å². The monoisotopic (exact) mass is 187 g/mol. The molecule has 0 bridgehead atoms. The predicted octanol–water partition coefficient (Wildman–Crippen LogP) is 1.66. The SMILES string of the molecule is CNCc1nc(C)c2ccccc2n1. The van der Waals surface area contributed by atoms with E-state index in [2.05, 4.69) is 15.3 Å². The Morgan fingerprint density at radius 3 is 2.79 bits per heavy atom. The van der Waals surface area contributed by atoms with E-state index in [1.165, 1.54) is 0 Å². The lowest BCUT2D eigenvalue weighted by Crippen LogP contribution is -2.09. The molecule has 3 nitrogen and oxygen atoms in total. The van der Waals surface area contributed by atoms with Crippen LogP contribution in [-0.4, -0.2) is 17.0 Å². The molecule has 0 aliphatic heterocycles. The van der Waals surface area contributed by atoms with Crippen molar-refractivity contribution in [2.45, 2.75) is 13.5 Å². The lowest BCUT2D eigenvalue weighted by atomic mass is 10.2. The summed E-state index contributed by atoms with van der Waals surface area (Å²) in [4.78, 5) is 8.87. The number of hydrogen-bond donors (Lipinski definition) is 1. The molecule has 0 unspecified atom stereocenters. The second-order valence-electron chi connectivity index (χ2n) is 3.27. The molecule has 0 aliphatic rings. The van der Waals surface area contributed by atoms with E-state index in [0.29, 0.717) is 6.54 Å². The molecule has 2 aromatic rings. The zero-order chi connectivity index (χ0) is 9.97. The fraction of sp³-hybridized carbons (Fsp3) is 0.273. The normalized spacial score (nSPS) is 10.7. The molecule has 0 atom stereocenters. The highest BCUT2D eigenvalue weighted by atomic mass is 14.9. The molecule has 0 saturated heterocycles. The maximum atomic E-state index is 4.45. The van der Waals surface area contributed by atoms with E-state index in [1.54, 1.807) is 0 Å². The molecule has 72 valence electrons. The van der Waals surface area contributed by atoms with Crippen LogP contribution in [0, 0.1) is 6.92 Å². The van der Waals surface area contributed by atoms with Crippen LogP contribution in [0.15, 0.2) is 24.3 Å². The number of aromatic nitrogens is 2. The number of fused-ring (bicyclic) bond motifs is 1. The Morgan fingerprint density at radius 1 is 1.21 bits per heavy atom. The number of benzene rings is 1. The standard InChI is InChI=1S/C11H13N3/c1-8-9-5-3-4-6-10(9)14-11(13-8)7-12-2/h3-6,12H,7H2,1-2H3. The maximum absolute atomic E-state index is 4.45. The Morgan fingerprint density at radius 2 is 2.00 bits per heavy atom. The van der Waals surface area contributed by atoms with Gasteiger partial charge in [0.25, 0.3) is 0 Å². The third-order valence-electron chi connectivity index (χ3n) is 2.18. The molecule has 0 aliphatic carbocycles. The minimum atomic E-state index is 0.714. The Kier molecular flexibility index (Phi) is 2.41. The van der Waals surface area contributed by atoms with E-state index in [9.17, 15) is 0 Å². The molecular weight excluding hydrogens is 174 g/mol. The van der Waals surface area contributed by atoms with Crippen molar-refractivity contribution in [3.63, 3.8) is 0 Å². The molecule has 0 saturated carbocycles. The van der Waals surface area contributed by atoms with Gasteiger partial charge in [-0.2, -0.15) is 0 Å². The highest BCUT2D eigenvalue weighted by Crippen LogP contribution is 2.14. The zero-order valence-electron chi connectivity index (χ0n) is 8.41. The number of rotatable bonds is 2. The van der Waals surface area contributed by atoms with Crippen LogP contribution in [0.25, 0.3) is 10.9 Å². The topological polar surface area (TPSA) is 37.8 Å². The van der Waals surface area contributed by atoms with Gasteiger partial charge >= 0.3 is 0 Å². The summed E-state index contributed by atoms with van der Waals surface area (Å²) in [6.07, 6.45) is 0. The summed E-state index contributed by atoms with van der Waals surface area (Å²) < 4.78 is 0.